The van der Waals surface area contributed by atoms with Gasteiger partial charge in [0.1, 0.15) is 12.4 Å². The predicted molar refractivity (Wildman–Crippen MR) is 223 cm³/mol. The highest BCUT2D eigenvalue weighted by atomic mass is 16.5. The van der Waals surface area contributed by atoms with Gasteiger partial charge < -0.3 is 15.2 Å². The summed E-state index contributed by atoms with van der Waals surface area (Å²) >= 11 is 0. The molecule has 6 aromatic rings. The number of amides is 3. The average Bonchev–Trinajstić information content (AvgIpc) is 3.95. The van der Waals surface area contributed by atoms with Gasteiger partial charge in [0.15, 0.2) is 0 Å². The highest BCUT2D eigenvalue weighted by molar-refractivity contribution is 6.01. The molecule has 13 heteroatoms. The zero-order valence-corrected chi connectivity index (χ0v) is 33.9. The zero-order chi connectivity index (χ0) is 40.8. The van der Waals surface area contributed by atoms with Crippen molar-refractivity contribution in [2.24, 2.45) is 0 Å². The normalized spacial score (nSPS) is 20.8. The summed E-state index contributed by atoms with van der Waals surface area (Å²) in [4.78, 5) is 48.1. The van der Waals surface area contributed by atoms with Gasteiger partial charge in [-0.25, -0.2) is 9.50 Å². The van der Waals surface area contributed by atoms with Gasteiger partial charge in [0, 0.05) is 60.0 Å². The Labute approximate surface area is 343 Å². The van der Waals surface area contributed by atoms with Crippen molar-refractivity contribution in [1.82, 2.24) is 40.3 Å². The quantitative estimate of drug-likeness (QED) is 0.122. The van der Waals surface area contributed by atoms with Gasteiger partial charge in [0.05, 0.1) is 11.2 Å². The lowest BCUT2D eigenvalue weighted by Gasteiger charge is -2.39. The van der Waals surface area contributed by atoms with E-state index in [1.807, 2.05) is 44.3 Å². The molecule has 3 aliphatic rings. The maximum atomic E-state index is 12.7. The van der Waals surface area contributed by atoms with Gasteiger partial charge in [-0.15, -0.1) is 0 Å². The number of piperidine rings is 2. The molecule has 13 nitrogen and oxygen atoms in total. The Morgan fingerprint density at radius 3 is 2.36 bits per heavy atom. The van der Waals surface area contributed by atoms with E-state index in [1.54, 1.807) is 6.33 Å². The summed E-state index contributed by atoms with van der Waals surface area (Å²) in [7, 11) is 0. The van der Waals surface area contributed by atoms with Crippen LogP contribution in [0.15, 0.2) is 89.8 Å². The molecule has 0 aliphatic carbocycles. The Balaban J connectivity index is 0.823. The van der Waals surface area contributed by atoms with Gasteiger partial charge in [-0.05, 0) is 97.0 Å². The van der Waals surface area contributed by atoms with Crippen LogP contribution in [-0.4, -0.2) is 65.5 Å². The van der Waals surface area contributed by atoms with Crippen LogP contribution in [0.2, 0.25) is 0 Å². The van der Waals surface area contributed by atoms with Crippen molar-refractivity contribution in [1.29, 1.82) is 0 Å². The summed E-state index contributed by atoms with van der Waals surface area (Å²) in [5, 5.41) is 17.0. The molecule has 3 unspecified atom stereocenters. The van der Waals surface area contributed by atoms with Crippen molar-refractivity contribution in [3.05, 3.63) is 119 Å². The number of carbonyl (C=O) groups is 3. The first-order valence-corrected chi connectivity index (χ1v) is 20.6. The number of aryl methyl sites for hydroxylation is 1. The number of anilines is 1. The number of benzene rings is 3. The van der Waals surface area contributed by atoms with Crippen LogP contribution in [0.3, 0.4) is 0 Å². The topological polar surface area (TPSA) is 160 Å². The van der Waals surface area contributed by atoms with Gasteiger partial charge in [-0.3, -0.25) is 24.6 Å². The van der Waals surface area contributed by atoms with E-state index in [4.69, 9.17) is 4.52 Å². The van der Waals surface area contributed by atoms with Crippen molar-refractivity contribution in [3.8, 4) is 22.4 Å². The second kappa shape index (κ2) is 15.5. The van der Waals surface area contributed by atoms with Gasteiger partial charge >= 0.3 is 0 Å². The summed E-state index contributed by atoms with van der Waals surface area (Å²) < 4.78 is 7.17. The number of hydrogen-bond donors (Lipinski definition) is 3. The number of rotatable bonds is 10. The highest BCUT2D eigenvalue weighted by Gasteiger charge is 2.41. The van der Waals surface area contributed by atoms with Crippen LogP contribution in [0.25, 0.3) is 27.9 Å². The molecule has 3 N–H and O–H groups in total. The van der Waals surface area contributed by atoms with Gasteiger partial charge in [0.25, 0.3) is 11.7 Å². The Bertz CT molecular complexity index is 2520. The van der Waals surface area contributed by atoms with E-state index in [1.165, 1.54) is 24.0 Å². The van der Waals surface area contributed by atoms with Crippen LogP contribution in [-0.2, 0) is 28.1 Å². The number of nitrogens with zero attached hydrogens (tertiary/aromatic N) is 6. The Morgan fingerprint density at radius 1 is 0.915 bits per heavy atom. The van der Waals surface area contributed by atoms with Crippen molar-refractivity contribution in [2.75, 3.05) is 5.32 Å². The second-order valence-corrected chi connectivity index (χ2v) is 17.4. The number of fused-ring (bicyclic) bond motifs is 3. The highest BCUT2D eigenvalue weighted by Crippen LogP contribution is 2.44. The molecule has 0 radical (unpaired) electrons. The third kappa shape index (κ3) is 7.99. The maximum absolute atomic E-state index is 12.7. The molecule has 3 amide bonds. The lowest BCUT2D eigenvalue weighted by Crippen LogP contribution is -2.47. The minimum absolute atomic E-state index is 0.0265. The monoisotopic (exact) mass is 791 g/mol. The molecule has 3 aliphatic heterocycles. The molecule has 9 rings (SSSR count). The summed E-state index contributed by atoms with van der Waals surface area (Å²) in [5.74, 6) is 0.140. The molecule has 3 aromatic heterocycles. The standard InChI is InChI=1S/C46H49N9O4/c1-27-19-31(9-10-32(27)23-47-44(58)42-52-45(59-53-42)46(2,3)4)41-39-22-34(25-55(39)49-26-48-41)30-7-5-28(6-8-30)24-54-36-15-16-37(54)21-33(20-36)29-11-13-35(14-12-29)50-38-17-18-40(56)51-43(38)57/h5-14,19,22,25-26,33,36-38,50H,15-18,20-21,23-24H2,1-4H3,(H,47,58)(H,51,56,57). The first-order valence-electron chi connectivity index (χ1n) is 20.6. The van der Waals surface area contributed by atoms with Crippen LogP contribution in [0, 0.1) is 6.92 Å². The van der Waals surface area contributed by atoms with Crippen molar-refractivity contribution < 1.29 is 18.9 Å². The number of nitrogens with one attached hydrogen (secondary N) is 3. The third-order valence-electron chi connectivity index (χ3n) is 12.2. The minimum Gasteiger partial charge on any atom is -0.374 e. The van der Waals surface area contributed by atoms with Crippen LogP contribution >= 0.6 is 0 Å². The fourth-order valence-corrected chi connectivity index (χ4v) is 8.93. The third-order valence-corrected chi connectivity index (χ3v) is 12.2. The maximum Gasteiger partial charge on any atom is 0.292 e. The van der Waals surface area contributed by atoms with E-state index in [2.05, 4.69) is 108 Å². The minimum atomic E-state index is -0.380. The number of imide groups is 1. The Morgan fingerprint density at radius 2 is 1.66 bits per heavy atom. The predicted octanol–water partition coefficient (Wildman–Crippen LogP) is 7.11. The lowest BCUT2D eigenvalue weighted by molar-refractivity contribution is -0.133. The fourth-order valence-electron chi connectivity index (χ4n) is 8.93. The van der Waals surface area contributed by atoms with E-state index < -0.39 is 0 Å². The molecule has 59 heavy (non-hydrogen) atoms. The number of hydrogen-bond acceptors (Lipinski definition) is 10. The van der Waals surface area contributed by atoms with Crippen molar-refractivity contribution in [2.45, 2.75) is 109 Å². The number of carbonyl (C=O) groups excluding carboxylic acids is 3. The number of aromatic nitrogens is 5. The van der Waals surface area contributed by atoms with E-state index >= 15 is 0 Å². The van der Waals surface area contributed by atoms with Crippen LogP contribution in [0.1, 0.15) is 104 Å². The van der Waals surface area contributed by atoms with Crippen LogP contribution < -0.4 is 16.0 Å². The molecular weight excluding hydrogens is 743 g/mol. The molecule has 0 saturated carbocycles. The van der Waals surface area contributed by atoms with Crippen LogP contribution in [0.4, 0.5) is 5.69 Å². The Kier molecular flexibility index (Phi) is 10.1. The second-order valence-electron chi connectivity index (χ2n) is 17.4. The van der Waals surface area contributed by atoms with Gasteiger partial charge in [0.2, 0.25) is 17.7 Å². The average molecular weight is 792 g/mol. The van der Waals surface area contributed by atoms with Crippen molar-refractivity contribution >= 4 is 28.9 Å². The first kappa shape index (κ1) is 38.3. The van der Waals surface area contributed by atoms with E-state index in [0.717, 1.165) is 64.1 Å². The van der Waals surface area contributed by atoms with E-state index in [0.29, 0.717) is 43.3 Å². The van der Waals surface area contributed by atoms with Gasteiger partial charge in [-0.2, -0.15) is 10.1 Å². The summed E-state index contributed by atoms with van der Waals surface area (Å²) in [6.45, 7) is 9.17. The molecule has 2 bridgehead atoms. The zero-order valence-electron chi connectivity index (χ0n) is 33.9. The molecule has 0 spiro atoms. The molecule has 3 saturated heterocycles. The summed E-state index contributed by atoms with van der Waals surface area (Å²) in [6, 6.07) is 26.5. The van der Waals surface area contributed by atoms with Gasteiger partial charge in [-0.1, -0.05) is 74.5 Å². The SMILES string of the molecule is Cc1cc(-c2ncnn3cc(-c4ccc(CN5C6CCC5CC(c5ccc(NC7CCC(=O)NC7=O)cc5)C6)cc4)cc23)ccc1CNC(=O)c1noc(C(C)(C)C)n1. The largest absolute Gasteiger partial charge is 0.374 e. The van der Waals surface area contributed by atoms with E-state index in [9.17, 15) is 14.4 Å². The molecule has 6 heterocycles. The first-order chi connectivity index (χ1) is 28.4. The molecule has 3 atom stereocenters. The Hall–Kier alpha value is -6.21. The van der Waals surface area contributed by atoms with Crippen LogP contribution in [0.5, 0.6) is 0 Å². The summed E-state index contributed by atoms with van der Waals surface area (Å²) in [6.07, 6.45) is 9.27. The lowest BCUT2D eigenvalue weighted by atomic mass is 9.84. The smallest absolute Gasteiger partial charge is 0.292 e. The van der Waals surface area contributed by atoms with Crippen molar-refractivity contribution in [3.63, 3.8) is 0 Å². The summed E-state index contributed by atoms with van der Waals surface area (Å²) in [5.41, 5.74) is 10.2. The molecule has 302 valence electrons. The molecular formula is C46H49N9O4. The van der Waals surface area contributed by atoms with E-state index in [-0.39, 0.29) is 35.0 Å². The molecule has 3 aromatic carbocycles. The fraction of sp³-hybridized carbons (Fsp3) is 0.370. The molecule has 3 fully saturated rings.